The highest BCUT2D eigenvalue weighted by Gasteiger charge is 2.17. The highest BCUT2D eigenvalue weighted by molar-refractivity contribution is 9.11. The number of nitrogens with one attached hydrogen (secondary N) is 1. The van der Waals surface area contributed by atoms with Gasteiger partial charge < -0.3 is 10.1 Å². The highest BCUT2D eigenvalue weighted by atomic mass is 79.9. The van der Waals surface area contributed by atoms with E-state index < -0.39 is 0 Å². The lowest BCUT2D eigenvalue weighted by atomic mass is 10.1. The van der Waals surface area contributed by atoms with Crippen molar-refractivity contribution >= 4 is 27.3 Å². The Morgan fingerprint density at radius 1 is 1.40 bits per heavy atom. The van der Waals surface area contributed by atoms with E-state index in [-0.39, 0.29) is 6.04 Å². The minimum absolute atomic E-state index is 0.160. The van der Waals surface area contributed by atoms with Crippen LogP contribution in [0.15, 0.2) is 28.3 Å². The van der Waals surface area contributed by atoms with Crippen molar-refractivity contribution in [1.29, 1.82) is 0 Å². The van der Waals surface area contributed by atoms with E-state index in [1.807, 2.05) is 12.3 Å². The van der Waals surface area contributed by atoms with Gasteiger partial charge in [-0.15, -0.1) is 11.3 Å². The number of hydrogen-bond acceptors (Lipinski definition) is 4. The van der Waals surface area contributed by atoms with E-state index in [2.05, 4.69) is 46.1 Å². The molecule has 108 valence electrons. The lowest BCUT2D eigenvalue weighted by Crippen LogP contribution is -2.22. The second-order valence-corrected chi connectivity index (χ2v) is 7.05. The van der Waals surface area contributed by atoms with E-state index in [0.717, 1.165) is 24.3 Å². The monoisotopic (exact) mass is 354 g/mol. The molecule has 1 atom stereocenters. The number of thiophene rings is 1. The SMILES string of the molecule is CCCNC(c1cncc(OC)c1)c1cc(C)c(Br)s1. The molecule has 1 N–H and O–H groups in total. The zero-order valence-corrected chi connectivity index (χ0v) is 14.3. The molecule has 2 heterocycles. The smallest absolute Gasteiger partial charge is 0.137 e. The first-order valence-electron chi connectivity index (χ1n) is 6.63. The van der Waals surface area contributed by atoms with Crippen molar-refractivity contribution in [2.75, 3.05) is 13.7 Å². The van der Waals surface area contributed by atoms with Crippen LogP contribution in [0.1, 0.15) is 35.4 Å². The summed E-state index contributed by atoms with van der Waals surface area (Å²) in [6.45, 7) is 5.25. The van der Waals surface area contributed by atoms with Gasteiger partial charge in [-0.3, -0.25) is 4.98 Å². The predicted octanol–water partition coefficient (Wildman–Crippen LogP) is 4.31. The average molecular weight is 355 g/mol. The number of aryl methyl sites for hydroxylation is 1. The molecule has 0 fully saturated rings. The van der Waals surface area contributed by atoms with Gasteiger partial charge in [-0.2, -0.15) is 0 Å². The molecule has 0 saturated carbocycles. The molecule has 1 unspecified atom stereocenters. The molecule has 0 aliphatic carbocycles. The Kier molecular flexibility index (Phi) is 5.57. The number of hydrogen-bond donors (Lipinski definition) is 1. The zero-order chi connectivity index (χ0) is 14.5. The second-order valence-electron chi connectivity index (χ2n) is 4.65. The van der Waals surface area contributed by atoms with Gasteiger partial charge in [0.2, 0.25) is 0 Å². The summed E-state index contributed by atoms with van der Waals surface area (Å²) in [5, 5.41) is 3.59. The molecular weight excluding hydrogens is 336 g/mol. The Balaban J connectivity index is 2.35. The van der Waals surface area contributed by atoms with Crippen LogP contribution in [0.3, 0.4) is 0 Å². The van der Waals surface area contributed by atoms with Crippen LogP contribution in [0.25, 0.3) is 0 Å². The fourth-order valence-electron chi connectivity index (χ4n) is 2.00. The summed E-state index contributed by atoms with van der Waals surface area (Å²) >= 11 is 5.37. The van der Waals surface area contributed by atoms with Crippen molar-refractivity contribution in [3.05, 3.63) is 44.3 Å². The van der Waals surface area contributed by atoms with Gasteiger partial charge in [-0.1, -0.05) is 6.92 Å². The molecule has 0 amide bonds. The van der Waals surface area contributed by atoms with Gasteiger partial charge in [0.15, 0.2) is 0 Å². The molecule has 2 aromatic rings. The number of nitrogens with zero attached hydrogens (tertiary/aromatic N) is 1. The van der Waals surface area contributed by atoms with Crippen LogP contribution in [0.4, 0.5) is 0 Å². The quantitative estimate of drug-likeness (QED) is 0.838. The summed E-state index contributed by atoms with van der Waals surface area (Å²) in [7, 11) is 1.67. The van der Waals surface area contributed by atoms with Crippen LogP contribution in [-0.4, -0.2) is 18.6 Å². The van der Waals surface area contributed by atoms with Gasteiger partial charge in [0.25, 0.3) is 0 Å². The van der Waals surface area contributed by atoms with Crippen molar-refractivity contribution in [3.8, 4) is 5.75 Å². The van der Waals surface area contributed by atoms with Gasteiger partial charge in [0.05, 0.1) is 23.1 Å². The first-order valence-corrected chi connectivity index (χ1v) is 8.24. The predicted molar refractivity (Wildman–Crippen MR) is 87.7 cm³/mol. The third-order valence-corrected chi connectivity index (χ3v) is 5.26. The normalized spacial score (nSPS) is 12.4. The van der Waals surface area contributed by atoms with Gasteiger partial charge in [0.1, 0.15) is 5.75 Å². The minimum atomic E-state index is 0.160. The number of aromatic nitrogens is 1. The zero-order valence-electron chi connectivity index (χ0n) is 11.9. The Hall–Kier alpha value is -0.910. The van der Waals surface area contributed by atoms with E-state index in [1.54, 1.807) is 24.6 Å². The summed E-state index contributed by atoms with van der Waals surface area (Å²) in [6.07, 6.45) is 4.73. The van der Waals surface area contributed by atoms with E-state index >= 15 is 0 Å². The van der Waals surface area contributed by atoms with Crippen molar-refractivity contribution in [1.82, 2.24) is 10.3 Å². The van der Waals surface area contributed by atoms with Crippen molar-refractivity contribution in [2.45, 2.75) is 26.3 Å². The number of halogens is 1. The molecule has 0 aliphatic rings. The number of methoxy groups -OCH3 is 1. The lowest BCUT2D eigenvalue weighted by Gasteiger charge is -2.17. The maximum atomic E-state index is 5.28. The van der Waals surface area contributed by atoms with E-state index in [0.29, 0.717) is 0 Å². The number of ether oxygens (including phenoxy) is 1. The average Bonchev–Trinajstić information content (AvgIpc) is 2.79. The standard InChI is InChI=1S/C15H19BrN2OS/c1-4-5-18-14(13-6-10(2)15(16)20-13)11-7-12(19-3)9-17-8-11/h6-9,14,18H,4-5H2,1-3H3. The molecule has 20 heavy (non-hydrogen) atoms. The van der Waals surface area contributed by atoms with Crippen LogP contribution in [0.2, 0.25) is 0 Å². The summed E-state index contributed by atoms with van der Waals surface area (Å²) in [5.74, 6) is 0.790. The summed E-state index contributed by atoms with van der Waals surface area (Å²) < 4.78 is 6.46. The van der Waals surface area contributed by atoms with Gasteiger partial charge in [-0.05, 0) is 59.1 Å². The lowest BCUT2D eigenvalue weighted by molar-refractivity contribution is 0.411. The third-order valence-electron chi connectivity index (χ3n) is 3.06. The fourth-order valence-corrected chi connectivity index (χ4v) is 3.68. The Morgan fingerprint density at radius 3 is 2.80 bits per heavy atom. The van der Waals surface area contributed by atoms with Crippen molar-refractivity contribution in [2.24, 2.45) is 0 Å². The largest absolute Gasteiger partial charge is 0.495 e. The van der Waals surface area contributed by atoms with E-state index in [9.17, 15) is 0 Å². The Bertz CT molecular complexity index is 551. The first-order chi connectivity index (χ1) is 9.65. The van der Waals surface area contributed by atoms with E-state index in [4.69, 9.17) is 4.74 Å². The van der Waals surface area contributed by atoms with Gasteiger partial charge in [0, 0.05) is 11.1 Å². The van der Waals surface area contributed by atoms with Crippen LogP contribution in [0.5, 0.6) is 5.75 Å². The van der Waals surface area contributed by atoms with Gasteiger partial charge in [-0.25, -0.2) is 0 Å². The van der Waals surface area contributed by atoms with Gasteiger partial charge >= 0.3 is 0 Å². The topological polar surface area (TPSA) is 34.2 Å². The molecule has 0 radical (unpaired) electrons. The Labute approximate surface area is 132 Å². The fraction of sp³-hybridized carbons (Fsp3) is 0.400. The molecule has 0 bridgehead atoms. The maximum absolute atomic E-state index is 5.28. The maximum Gasteiger partial charge on any atom is 0.137 e. The van der Waals surface area contributed by atoms with E-state index in [1.165, 1.54) is 14.2 Å². The summed E-state index contributed by atoms with van der Waals surface area (Å²) in [6, 6.07) is 4.43. The Morgan fingerprint density at radius 2 is 2.20 bits per heavy atom. The first kappa shape index (κ1) is 15.5. The number of pyridine rings is 1. The second kappa shape index (κ2) is 7.20. The van der Waals surface area contributed by atoms with Crippen LogP contribution in [0, 0.1) is 6.92 Å². The third kappa shape index (κ3) is 3.59. The molecule has 2 rings (SSSR count). The van der Waals surface area contributed by atoms with Crippen molar-refractivity contribution in [3.63, 3.8) is 0 Å². The molecule has 0 spiro atoms. The molecule has 3 nitrogen and oxygen atoms in total. The highest BCUT2D eigenvalue weighted by Crippen LogP contribution is 2.34. The molecule has 0 saturated heterocycles. The van der Waals surface area contributed by atoms with Crippen LogP contribution >= 0.6 is 27.3 Å². The number of rotatable bonds is 6. The van der Waals surface area contributed by atoms with Crippen LogP contribution in [-0.2, 0) is 0 Å². The summed E-state index contributed by atoms with van der Waals surface area (Å²) in [4.78, 5) is 5.56. The molecule has 2 aromatic heterocycles. The summed E-state index contributed by atoms with van der Waals surface area (Å²) in [5.41, 5.74) is 2.40. The van der Waals surface area contributed by atoms with Crippen molar-refractivity contribution < 1.29 is 4.74 Å². The molecular formula is C15H19BrN2OS. The molecule has 0 aliphatic heterocycles. The van der Waals surface area contributed by atoms with Crippen LogP contribution < -0.4 is 10.1 Å². The molecule has 0 aromatic carbocycles. The minimum Gasteiger partial charge on any atom is -0.495 e. The molecule has 5 heteroatoms.